The van der Waals surface area contributed by atoms with Gasteiger partial charge in [0.05, 0.1) is 12.4 Å². The Morgan fingerprint density at radius 2 is 1.55 bits per heavy atom. The van der Waals surface area contributed by atoms with E-state index in [1.54, 1.807) is 24.3 Å². The molecule has 0 bridgehead atoms. The third-order valence-electron chi connectivity index (χ3n) is 2.30. The van der Waals surface area contributed by atoms with Gasteiger partial charge in [0, 0.05) is 23.3 Å². The van der Waals surface area contributed by atoms with Crippen molar-refractivity contribution in [1.82, 2.24) is 9.97 Å². The predicted octanol–water partition coefficient (Wildman–Crippen LogP) is 1.83. The summed E-state index contributed by atoms with van der Waals surface area (Å²) in [5.74, 6) is 15.4. The number of aromatic hydroxyl groups is 1. The highest BCUT2D eigenvalue weighted by Crippen LogP contribution is 2.19. The van der Waals surface area contributed by atoms with Gasteiger partial charge >= 0.3 is 0 Å². The maximum absolute atomic E-state index is 9.23. The van der Waals surface area contributed by atoms with Crippen LogP contribution in [0.15, 0.2) is 36.7 Å². The number of phenolic OH excluding ortho intramolecular Hbond substituents is 1. The number of hydrogen-bond donors (Lipinski definition) is 1. The van der Waals surface area contributed by atoms with Crippen LogP contribution in [0, 0.1) is 48.1 Å². The minimum absolute atomic E-state index is 0.187. The zero-order valence-electron chi connectivity index (χ0n) is 11.3. The van der Waals surface area contributed by atoms with Gasteiger partial charge in [0.1, 0.15) is 11.9 Å². The first-order chi connectivity index (χ1) is 10.8. The molecule has 0 fully saturated rings. The fourth-order valence-corrected chi connectivity index (χ4v) is 1.37. The Balaban J connectivity index is 2.00. The number of nitrogens with zero attached hydrogens (tertiary/aromatic N) is 2. The lowest BCUT2D eigenvalue weighted by Gasteiger charge is -2.00. The van der Waals surface area contributed by atoms with Gasteiger partial charge in [-0.3, -0.25) is 0 Å². The topological polar surface area (TPSA) is 55.2 Å². The molecule has 0 saturated carbocycles. The number of aromatic nitrogens is 2. The van der Waals surface area contributed by atoms with Crippen molar-refractivity contribution in [2.75, 3.05) is 0 Å². The molecule has 1 aromatic heterocycles. The van der Waals surface area contributed by atoms with Crippen molar-refractivity contribution < 1.29 is 9.84 Å². The molecule has 0 aliphatic carbocycles. The third kappa shape index (κ3) is 4.36. The van der Waals surface area contributed by atoms with Crippen LogP contribution < -0.4 is 4.74 Å². The normalized spacial score (nSPS) is 7.95. The van der Waals surface area contributed by atoms with Gasteiger partial charge in [-0.15, -0.1) is 6.42 Å². The monoisotopic (exact) mass is 284 g/mol. The van der Waals surface area contributed by atoms with E-state index in [1.807, 2.05) is 0 Å². The number of benzene rings is 1. The summed E-state index contributed by atoms with van der Waals surface area (Å²) in [7, 11) is 0. The van der Waals surface area contributed by atoms with Crippen molar-refractivity contribution in [3.8, 4) is 70.9 Å². The smallest absolute Gasteiger partial charge is 0.176 e. The van der Waals surface area contributed by atoms with Crippen LogP contribution in [0.5, 0.6) is 11.5 Å². The molecule has 0 aliphatic rings. The van der Waals surface area contributed by atoms with Crippen LogP contribution in [0.4, 0.5) is 0 Å². The van der Waals surface area contributed by atoms with Crippen molar-refractivity contribution in [2.45, 2.75) is 0 Å². The minimum Gasteiger partial charge on any atom is -0.508 e. The summed E-state index contributed by atoms with van der Waals surface area (Å²) in [6, 6.07) is 6.57. The predicted molar refractivity (Wildman–Crippen MR) is 81.9 cm³/mol. The number of hydrogen-bond acceptors (Lipinski definition) is 4. The van der Waals surface area contributed by atoms with Crippen LogP contribution in [-0.4, -0.2) is 15.1 Å². The lowest BCUT2D eigenvalue weighted by Crippen LogP contribution is -1.90. The zero-order chi connectivity index (χ0) is 15.6. The second kappa shape index (κ2) is 7.66. The summed E-state index contributed by atoms with van der Waals surface area (Å²) < 4.78 is 5.11. The second-order valence-electron chi connectivity index (χ2n) is 3.76. The average molecular weight is 284 g/mol. The molecule has 4 heteroatoms. The van der Waals surface area contributed by atoms with Gasteiger partial charge in [-0.05, 0) is 42.0 Å². The molecule has 0 saturated heterocycles. The number of terminal acetylenes is 1. The maximum Gasteiger partial charge on any atom is 0.176 e. The maximum atomic E-state index is 9.23. The molecular formula is C18H8N2O2. The first kappa shape index (κ1) is 14.5. The second-order valence-corrected chi connectivity index (χ2v) is 3.76. The van der Waals surface area contributed by atoms with Crippen LogP contribution in [0.2, 0.25) is 0 Å². The molecule has 1 N–H and O–H groups in total. The highest BCUT2D eigenvalue weighted by atomic mass is 16.5. The Morgan fingerprint density at radius 1 is 0.909 bits per heavy atom. The van der Waals surface area contributed by atoms with Crippen molar-refractivity contribution >= 4 is 0 Å². The Kier molecular flexibility index (Phi) is 5.07. The molecule has 0 spiro atoms. The van der Waals surface area contributed by atoms with E-state index in [-0.39, 0.29) is 5.75 Å². The molecule has 22 heavy (non-hydrogen) atoms. The van der Waals surface area contributed by atoms with Crippen molar-refractivity contribution in [1.29, 1.82) is 0 Å². The van der Waals surface area contributed by atoms with Crippen LogP contribution >= 0.6 is 0 Å². The van der Waals surface area contributed by atoms with Crippen molar-refractivity contribution in [3.05, 3.63) is 36.7 Å². The number of rotatable bonds is 2. The summed E-state index contributed by atoms with van der Waals surface area (Å²) in [6.07, 6.45) is 10.3. The van der Waals surface area contributed by atoms with Gasteiger partial charge in [-0.25, -0.2) is 9.97 Å². The van der Waals surface area contributed by atoms with E-state index in [0.29, 0.717) is 11.6 Å². The van der Waals surface area contributed by atoms with Gasteiger partial charge in [0.2, 0.25) is 0 Å². The highest BCUT2D eigenvalue weighted by molar-refractivity contribution is 5.56. The van der Waals surface area contributed by atoms with Gasteiger partial charge in [0.15, 0.2) is 11.6 Å². The van der Waals surface area contributed by atoms with Crippen molar-refractivity contribution in [3.63, 3.8) is 0 Å². The van der Waals surface area contributed by atoms with Crippen LogP contribution in [0.25, 0.3) is 11.4 Å². The SMILES string of the molecule is C#CC#CC#CC#COc1cnc(-c2ccc(O)cc2)nc1. The van der Waals surface area contributed by atoms with E-state index in [0.717, 1.165) is 5.56 Å². The molecule has 0 unspecified atom stereocenters. The average Bonchev–Trinajstić information content (AvgIpc) is 2.55. The standard InChI is InChI=1S/C18H8N2O2/c1-2-3-4-5-6-7-12-22-17-13-19-18(20-14-17)15-8-10-16(21)11-9-15/h1,8-11,13-14,21H. The quantitative estimate of drug-likeness (QED) is 0.855. The van der Waals surface area contributed by atoms with Gasteiger partial charge in [-0.1, -0.05) is 0 Å². The molecule has 0 amide bonds. The fraction of sp³-hybridized carbons (Fsp3) is 0. The number of ether oxygens (including phenoxy) is 1. The summed E-state index contributed by atoms with van der Waals surface area (Å²) in [5.41, 5.74) is 0.786. The van der Waals surface area contributed by atoms with E-state index >= 15 is 0 Å². The number of phenols is 1. The van der Waals surface area contributed by atoms with Gasteiger partial charge in [0.25, 0.3) is 0 Å². The molecule has 0 radical (unpaired) electrons. The van der Waals surface area contributed by atoms with E-state index in [9.17, 15) is 5.11 Å². The molecule has 2 rings (SSSR count). The van der Waals surface area contributed by atoms with E-state index in [1.165, 1.54) is 12.4 Å². The van der Waals surface area contributed by atoms with Crippen molar-refractivity contribution in [2.24, 2.45) is 0 Å². The molecule has 102 valence electrons. The first-order valence-electron chi connectivity index (χ1n) is 6.03. The van der Waals surface area contributed by atoms with E-state index in [4.69, 9.17) is 11.2 Å². The summed E-state index contributed by atoms with van der Waals surface area (Å²) in [4.78, 5) is 8.30. The van der Waals surface area contributed by atoms with Gasteiger partial charge in [-0.2, -0.15) is 0 Å². The summed E-state index contributed by atoms with van der Waals surface area (Å²) >= 11 is 0. The van der Waals surface area contributed by atoms with Gasteiger partial charge < -0.3 is 9.84 Å². The molecular weight excluding hydrogens is 276 g/mol. The minimum atomic E-state index is 0.187. The lowest BCUT2D eigenvalue weighted by molar-refractivity contribution is 0.475. The summed E-state index contributed by atoms with van der Waals surface area (Å²) in [6.45, 7) is 0. The third-order valence-corrected chi connectivity index (χ3v) is 2.30. The first-order valence-corrected chi connectivity index (χ1v) is 6.03. The Bertz CT molecular complexity index is 873. The largest absolute Gasteiger partial charge is 0.508 e. The molecule has 1 heterocycles. The molecule has 0 aliphatic heterocycles. The molecule has 1 aromatic carbocycles. The van der Waals surface area contributed by atoms with Crippen LogP contribution in [0.1, 0.15) is 0 Å². The van der Waals surface area contributed by atoms with E-state index < -0.39 is 0 Å². The Labute approximate surface area is 128 Å². The molecule has 0 atom stereocenters. The lowest BCUT2D eigenvalue weighted by atomic mass is 10.2. The zero-order valence-corrected chi connectivity index (χ0v) is 11.3. The molecule has 2 aromatic rings. The molecule has 4 nitrogen and oxygen atoms in total. The highest BCUT2D eigenvalue weighted by Gasteiger charge is 2.01. The van der Waals surface area contributed by atoms with Crippen LogP contribution in [0.3, 0.4) is 0 Å². The van der Waals surface area contributed by atoms with E-state index in [2.05, 4.69) is 51.6 Å². The summed E-state index contributed by atoms with van der Waals surface area (Å²) in [5, 5.41) is 9.23. The Morgan fingerprint density at radius 3 is 2.23 bits per heavy atom. The Hall–Kier alpha value is -3.86. The van der Waals surface area contributed by atoms with Crippen LogP contribution in [-0.2, 0) is 0 Å². The fourth-order valence-electron chi connectivity index (χ4n) is 1.37.